The second-order valence-electron chi connectivity index (χ2n) is 4.31. The molecule has 2 aromatic heterocycles. The van der Waals surface area contributed by atoms with Gasteiger partial charge in [0.1, 0.15) is 0 Å². The third-order valence-corrected chi connectivity index (χ3v) is 3.03. The van der Waals surface area contributed by atoms with Crippen molar-refractivity contribution in [1.29, 1.82) is 0 Å². The largest absolute Gasteiger partial charge is 0.280 e. The molecule has 0 unspecified atom stereocenters. The summed E-state index contributed by atoms with van der Waals surface area (Å²) in [6, 6.07) is 5.35. The Kier molecular flexibility index (Phi) is 3.06. The summed E-state index contributed by atoms with van der Waals surface area (Å²) in [5.74, 6) is -0.159. The number of carbonyl (C=O) groups is 1. The molecule has 0 amide bonds. The first-order valence-electron chi connectivity index (χ1n) is 6.22. The molecule has 0 N–H and O–H groups in total. The van der Waals surface area contributed by atoms with E-state index in [-0.39, 0.29) is 5.91 Å². The smallest absolute Gasteiger partial charge is 0.267 e. The Morgan fingerprint density at radius 3 is 2.89 bits per heavy atom. The molecule has 19 heavy (non-hydrogen) atoms. The zero-order chi connectivity index (χ0) is 13.1. The highest BCUT2D eigenvalue weighted by molar-refractivity contribution is 5.97. The third-order valence-electron chi connectivity index (χ3n) is 3.03. The van der Waals surface area contributed by atoms with E-state index in [0.29, 0.717) is 5.56 Å². The summed E-state index contributed by atoms with van der Waals surface area (Å²) >= 11 is 0. The molecule has 0 bridgehead atoms. The number of nitrogens with zero attached hydrogens (tertiary/aromatic N) is 3. The van der Waals surface area contributed by atoms with Gasteiger partial charge >= 0.3 is 0 Å². The predicted molar refractivity (Wildman–Crippen MR) is 72.5 cm³/mol. The standard InChI is InChI=1S/C15H13N3O/c19-15(13-7-4-9-16-11-13)18-14(8-10-17-18)12-5-2-1-3-6-12/h2,4-11H,1,3H2. The van der Waals surface area contributed by atoms with E-state index in [1.807, 2.05) is 12.1 Å². The van der Waals surface area contributed by atoms with Crippen LogP contribution in [-0.2, 0) is 0 Å². The zero-order valence-electron chi connectivity index (χ0n) is 10.4. The van der Waals surface area contributed by atoms with Crippen LogP contribution in [-0.4, -0.2) is 20.7 Å². The molecule has 2 heterocycles. The van der Waals surface area contributed by atoms with Crippen LogP contribution in [0.15, 0.2) is 55.0 Å². The van der Waals surface area contributed by atoms with Gasteiger partial charge in [0, 0.05) is 12.4 Å². The molecule has 94 valence electrons. The molecule has 0 spiro atoms. The Bertz CT molecular complexity index is 653. The van der Waals surface area contributed by atoms with Gasteiger partial charge in [-0.2, -0.15) is 9.78 Å². The zero-order valence-corrected chi connectivity index (χ0v) is 10.4. The summed E-state index contributed by atoms with van der Waals surface area (Å²) in [4.78, 5) is 16.3. The quantitative estimate of drug-likeness (QED) is 0.824. The Morgan fingerprint density at radius 1 is 1.21 bits per heavy atom. The number of rotatable bonds is 2. The van der Waals surface area contributed by atoms with Crippen LogP contribution in [0.25, 0.3) is 5.57 Å². The van der Waals surface area contributed by atoms with Gasteiger partial charge < -0.3 is 0 Å². The second kappa shape index (κ2) is 5.02. The lowest BCUT2D eigenvalue weighted by atomic mass is 10.0. The molecule has 0 radical (unpaired) electrons. The predicted octanol–water partition coefficient (Wildman–Crippen LogP) is 2.70. The molecule has 4 nitrogen and oxygen atoms in total. The maximum Gasteiger partial charge on any atom is 0.280 e. The minimum absolute atomic E-state index is 0.159. The fourth-order valence-electron chi connectivity index (χ4n) is 2.10. The van der Waals surface area contributed by atoms with Crippen molar-refractivity contribution in [1.82, 2.24) is 14.8 Å². The van der Waals surface area contributed by atoms with Gasteiger partial charge in [-0.1, -0.05) is 18.2 Å². The van der Waals surface area contributed by atoms with E-state index in [1.54, 1.807) is 30.7 Å². The maximum atomic E-state index is 12.4. The SMILES string of the molecule is O=C(c1cccnc1)n1nccc1C1=CCCC=C1. The molecule has 2 aromatic rings. The molecule has 4 heteroatoms. The van der Waals surface area contributed by atoms with Crippen molar-refractivity contribution < 1.29 is 4.79 Å². The van der Waals surface area contributed by atoms with Gasteiger partial charge in [0.15, 0.2) is 0 Å². The van der Waals surface area contributed by atoms with E-state index in [2.05, 4.69) is 22.2 Å². The summed E-state index contributed by atoms with van der Waals surface area (Å²) in [5.41, 5.74) is 2.40. The van der Waals surface area contributed by atoms with E-state index in [1.165, 1.54) is 4.68 Å². The van der Waals surface area contributed by atoms with E-state index in [0.717, 1.165) is 24.1 Å². The molecule has 1 aliphatic carbocycles. The van der Waals surface area contributed by atoms with Gasteiger partial charge in [-0.25, -0.2) is 0 Å². The Hall–Kier alpha value is -2.49. The average Bonchev–Trinajstić information content (AvgIpc) is 2.98. The van der Waals surface area contributed by atoms with Crippen LogP contribution in [0.3, 0.4) is 0 Å². The van der Waals surface area contributed by atoms with Crippen molar-refractivity contribution in [2.24, 2.45) is 0 Å². The van der Waals surface area contributed by atoms with E-state index >= 15 is 0 Å². The van der Waals surface area contributed by atoms with Crippen molar-refractivity contribution in [3.63, 3.8) is 0 Å². The number of hydrogen-bond donors (Lipinski definition) is 0. The topological polar surface area (TPSA) is 47.8 Å². The third kappa shape index (κ3) is 2.25. The maximum absolute atomic E-state index is 12.4. The molecule has 0 saturated carbocycles. The number of pyridine rings is 1. The first kappa shape index (κ1) is 11.6. The van der Waals surface area contributed by atoms with Gasteiger partial charge in [-0.15, -0.1) is 0 Å². The van der Waals surface area contributed by atoms with Gasteiger partial charge in [0.25, 0.3) is 5.91 Å². The molecule has 0 fully saturated rings. The normalized spacial score (nSPS) is 14.2. The number of hydrogen-bond acceptors (Lipinski definition) is 3. The lowest BCUT2D eigenvalue weighted by Crippen LogP contribution is -2.16. The molecule has 0 aliphatic heterocycles. The van der Waals surface area contributed by atoms with Crippen LogP contribution in [0.4, 0.5) is 0 Å². The summed E-state index contributed by atoms with van der Waals surface area (Å²) in [6.45, 7) is 0. The first-order chi connectivity index (χ1) is 9.36. The van der Waals surface area contributed by atoms with Crippen LogP contribution in [0.2, 0.25) is 0 Å². The first-order valence-corrected chi connectivity index (χ1v) is 6.22. The van der Waals surface area contributed by atoms with Crippen molar-refractivity contribution in [2.75, 3.05) is 0 Å². The van der Waals surface area contributed by atoms with Crippen molar-refractivity contribution in [2.45, 2.75) is 12.8 Å². The number of carbonyl (C=O) groups excluding carboxylic acids is 1. The van der Waals surface area contributed by atoms with Crippen LogP contribution in [0, 0.1) is 0 Å². The van der Waals surface area contributed by atoms with Gasteiger partial charge in [-0.05, 0) is 36.6 Å². The van der Waals surface area contributed by atoms with Crippen LogP contribution < -0.4 is 0 Å². The monoisotopic (exact) mass is 251 g/mol. The lowest BCUT2D eigenvalue weighted by Gasteiger charge is -2.09. The Labute approximate surface area is 111 Å². The Morgan fingerprint density at radius 2 is 2.16 bits per heavy atom. The fraction of sp³-hybridized carbons (Fsp3) is 0.133. The molecule has 1 aliphatic rings. The number of aromatic nitrogens is 3. The Balaban J connectivity index is 1.99. The summed E-state index contributed by atoms with van der Waals surface area (Å²) in [6.07, 6.45) is 13.2. The molecule has 0 saturated heterocycles. The summed E-state index contributed by atoms with van der Waals surface area (Å²) in [5, 5.41) is 4.13. The van der Waals surface area contributed by atoms with Crippen LogP contribution in [0.5, 0.6) is 0 Å². The van der Waals surface area contributed by atoms with E-state index in [9.17, 15) is 4.79 Å². The summed E-state index contributed by atoms with van der Waals surface area (Å²) < 4.78 is 1.43. The van der Waals surface area contributed by atoms with Gasteiger partial charge in [0.2, 0.25) is 0 Å². The molecular weight excluding hydrogens is 238 g/mol. The molecular formula is C15H13N3O. The lowest BCUT2D eigenvalue weighted by molar-refractivity contribution is 0.0944. The van der Waals surface area contributed by atoms with Gasteiger partial charge in [-0.3, -0.25) is 9.78 Å². The molecule has 3 rings (SSSR count). The number of allylic oxidation sites excluding steroid dienone is 4. The minimum Gasteiger partial charge on any atom is -0.267 e. The highest BCUT2D eigenvalue weighted by Gasteiger charge is 2.15. The molecule has 0 aromatic carbocycles. The van der Waals surface area contributed by atoms with Crippen molar-refractivity contribution >= 4 is 11.5 Å². The fourth-order valence-corrected chi connectivity index (χ4v) is 2.10. The van der Waals surface area contributed by atoms with Crippen LogP contribution >= 0.6 is 0 Å². The van der Waals surface area contributed by atoms with Gasteiger partial charge in [0.05, 0.1) is 17.5 Å². The van der Waals surface area contributed by atoms with Crippen LogP contribution in [0.1, 0.15) is 28.9 Å². The highest BCUT2D eigenvalue weighted by Crippen LogP contribution is 2.21. The van der Waals surface area contributed by atoms with E-state index < -0.39 is 0 Å². The second-order valence-corrected chi connectivity index (χ2v) is 4.31. The van der Waals surface area contributed by atoms with Crippen molar-refractivity contribution in [3.05, 3.63) is 66.3 Å². The highest BCUT2D eigenvalue weighted by atomic mass is 16.2. The molecule has 0 atom stereocenters. The average molecular weight is 251 g/mol. The summed E-state index contributed by atoms with van der Waals surface area (Å²) in [7, 11) is 0. The minimum atomic E-state index is -0.159. The van der Waals surface area contributed by atoms with E-state index in [4.69, 9.17) is 0 Å². The van der Waals surface area contributed by atoms with Crippen molar-refractivity contribution in [3.8, 4) is 0 Å².